The smallest absolute Gasteiger partial charge is 0.296 e. The molecule has 0 amide bonds. The van der Waals surface area contributed by atoms with Crippen LogP contribution >= 0.6 is 0 Å². The molecular weight excluding hydrogens is 234 g/mol. The van der Waals surface area contributed by atoms with Crippen molar-refractivity contribution in [2.24, 2.45) is 0 Å². The lowest BCUT2D eigenvalue weighted by Crippen LogP contribution is -2.01. The van der Waals surface area contributed by atoms with Gasteiger partial charge in [-0.25, -0.2) is 4.68 Å². The topological polar surface area (TPSA) is 111 Å². The number of nitrogen functional groups attached to an aromatic ring is 1. The molecular formula is C11H9N5O2. The van der Waals surface area contributed by atoms with E-state index in [1.165, 1.54) is 22.9 Å². The van der Waals surface area contributed by atoms with Crippen LogP contribution in [0.15, 0.2) is 24.4 Å². The molecule has 0 fully saturated rings. The zero-order valence-corrected chi connectivity index (χ0v) is 9.49. The zero-order valence-electron chi connectivity index (χ0n) is 9.49. The second kappa shape index (κ2) is 4.18. The summed E-state index contributed by atoms with van der Waals surface area (Å²) in [4.78, 5) is 10.4. The summed E-state index contributed by atoms with van der Waals surface area (Å²) in [5.74, 6) is 0.314. The van der Waals surface area contributed by atoms with Crippen molar-refractivity contribution in [1.82, 2.24) is 9.78 Å². The van der Waals surface area contributed by atoms with Gasteiger partial charge in [-0.05, 0) is 19.1 Å². The molecule has 2 aromatic rings. The van der Waals surface area contributed by atoms with Crippen molar-refractivity contribution >= 4 is 11.5 Å². The van der Waals surface area contributed by atoms with E-state index in [2.05, 4.69) is 5.10 Å². The van der Waals surface area contributed by atoms with E-state index in [1.807, 2.05) is 6.07 Å². The third kappa shape index (κ3) is 1.87. The van der Waals surface area contributed by atoms with Crippen molar-refractivity contribution in [1.29, 1.82) is 5.26 Å². The highest BCUT2D eigenvalue weighted by molar-refractivity contribution is 5.57. The van der Waals surface area contributed by atoms with Gasteiger partial charge in [0.2, 0.25) is 0 Å². The van der Waals surface area contributed by atoms with Crippen LogP contribution in [0.4, 0.5) is 11.5 Å². The fourth-order valence-electron chi connectivity index (χ4n) is 1.53. The number of hydrogen-bond donors (Lipinski definition) is 1. The van der Waals surface area contributed by atoms with Crippen LogP contribution in [0.1, 0.15) is 11.1 Å². The summed E-state index contributed by atoms with van der Waals surface area (Å²) < 4.78 is 1.34. The first kappa shape index (κ1) is 11.6. The number of nitrogens with two attached hydrogens (primary N) is 1. The van der Waals surface area contributed by atoms with Crippen molar-refractivity contribution < 1.29 is 4.92 Å². The largest absolute Gasteiger partial charge is 0.382 e. The summed E-state index contributed by atoms with van der Waals surface area (Å²) in [6.45, 7) is 1.76. The first-order chi connectivity index (χ1) is 8.52. The standard InChI is InChI=1S/C11H9N5O2/c1-7-6-15(14-11(7)13)9-3-2-8(5-12)4-10(9)16(17)18/h2-4,6H,1H3,(H2,13,14). The lowest BCUT2D eigenvalue weighted by atomic mass is 10.2. The molecule has 0 aliphatic heterocycles. The molecule has 7 heteroatoms. The second-order valence-electron chi connectivity index (χ2n) is 3.71. The summed E-state index contributed by atoms with van der Waals surface area (Å²) in [6.07, 6.45) is 1.60. The van der Waals surface area contributed by atoms with E-state index in [-0.39, 0.29) is 16.9 Å². The Morgan fingerprint density at radius 3 is 2.78 bits per heavy atom. The Balaban J connectivity index is 2.64. The number of aromatic nitrogens is 2. The normalized spacial score (nSPS) is 10.0. The molecule has 0 unspecified atom stereocenters. The molecule has 0 bridgehead atoms. The first-order valence-corrected chi connectivity index (χ1v) is 5.03. The van der Waals surface area contributed by atoms with Gasteiger partial charge in [0, 0.05) is 17.8 Å². The fraction of sp³-hybridized carbons (Fsp3) is 0.0909. The number of nitriles is 1. The molecule has 0 saturated carbocycles. The average Bonchev–Trinajstić information content (AvgIpc) is 2.68. The molecule has 1 heterocycles. The Hall–Kier alpha value is -2.88. The van der Waals surface area contributed by atoms with Gasteiger partial charge in [0.1, 0.15) is 11.5 Å². The minimum Gasteiger partial charge on any atom is -0.382 e. The minimum absolute atomic E-state index is 0.184. The molecule has 0 saturated heterocycles. The predicted molar refractivity (Wildman–Crippen MR) is 64.1 cm³/mol. The van der Waals surface area contributed by atoms with Crippen LogP contribution in [0.5, 0.6) is 0 Å². The average molecular weight is 243 g/mol. The molecule has 1 aromatic carbocycles. The Labute approximate surface area is 102 Å². The number of benzene rings is 1. The van der Waals surface area contributed by atoms with Crippen molar-refractivity contribution in [2.45, 2.75) is 6.92 Å². The Morgan fingerprint density at radius 1 is 1.56 bits per heavy atom. The quantitative estimate of drug-likeness (QED) is 0.635. The van der Waals surface area contributed by atoms with Gasteiger partial charge in [-0.15, -0.1) is 0 Å². The maximum atomic E-state index is 11.0. The summed E-state index contributed by atoms with van der Waals surface area (Å²) >= 11 is 0. The zero-order chi connectivity index (χ0) is 13.3. The molecule has 0 aliphatic carbocycles. The number of nitrogens with zero attached hydrogens (tertiary/aromatic N) is 4. The Kier molecular flexibility index (Phi) is 2.69. The van der Waals surface area contributed by atoms with Crippen molar-refractivity contribution in [3.8, 4) is 11.8 Å². The van der Waals surface area contributed by atoms with Crippen LogP contribution < -0.4 is 5.73 Å². The molecule has 7 nitrogen and oxygen atoms in total. The van der Waals surface area contributed by atoms with E-state index >= 15 is 0 Å². The number of nitro benzene ring substituents is 1. The highest BCUT2D eigenvalue weighted by Crippen LogP contribution is 2.24. The van der Waals surface area contributed by atoms with Crippen molar-refractivity contribution in [2.75, 3.05) is 5.73 Å². The van der Waals surface area contributed by atoms with Gasteiger partial charge in [-0.2, -0.15) is 10.4 Å². The van der Waals surface area contributed by atoms with Crippen LogP contribution in [-0.2, 0) is 0 Å². The van der Waals surface area contributed by atoms with Gasteiger partial charge in [0.15, 0.2) is 0 Å². The number of hydrogen-bond acceptors (Lipinski definition) is 5. The summed E-state index contributed by atoms with van der Waals surface area (Å²) in [5, 5.41) is 23.7. The van der Waals surface area contributed by atoms with Gasteiger partial charge >= 0.3 is 0 Å². The molecule has 90 valence electrons. The lowest BCUT2D eigenvalue weighted by molar-refractivity contribution is -0.384. The molecule has 0 radical (unpaired) electrons. The van der Waals surface area contributed by atoms with Gasteiger partial charge in [0.05, 0.1) is 16.6 Å². The number of anilines is 1. The third-order valence-electron chi connectivity index (χ3n) is 2.48. The highest BCUT2D eigenvalue weighted by atomic mass is 16.6. The van der Waals surface area contributed by atoms with Gasteiger partial charge in [-0.3, -0.25) is 10.1 Å². The fourth-order valence-corrected chi connectivity index (χ4v) is 1.53. The second-order valence-corrected chi connectivity index (χ2v) is 3.71. The maximum absolute atomic E-state index is 11.0. The van der Waals surface area contributed by atoms with Crippen LogP contribution in [0.3, 0.4) is 0 Å². The van der Waals surface area contributed by atoms with Crippen LogP contribution in [0.2, 0.25) is 0 Å². The van der Waals surface area contributed by atoms with Gasteiger partial charge < -0.3 is 5.73 Å². The van der Waals surface area contributed by atoms with E-state index < -0.39 is 4.92 Å². The molecule has 1 aromatic heterocycles. The maximum Gasteiger partial charge on any atom is 0.296 e. The van der Waals surface area contributed by atoms with Crippen LogP contribution in [-0.4, -0.2) is 14.7 Å². The van der Waals surface area contributed by atoms with Gasteiger partial charge in [0.25, 0.3) is 5.69 Å². The predicted octanol–water partition coefficient (Wildman–Crippen LogP) is 1.54. The Bertz CT molecular complexity index is 649. The molecule has 0 spiro atoms. The summed E-state index contributed by atoms with van der Waals surface area (Å²) in [7, 11) is 0. The van der Waals surface area contributed by atoms with Crippen LogP contribution in [0, 0.1) is 28.4 Å². The van der Waals surface area contributed by atoms with E-state index in [4.69, 9.17) is 11.0 Å². The van der Waals surface area contributed by atoms with Crippen LogP contribution in [0.25, 0.3) is 5.69 Å². The summed E-state index contributed by atoms with van der Waals surface area (Å²) in [6, 6.07) is 6.04. The van der Waals surface area contributed by atoms with E-state index in [0.717, 1.165) is 5.56 Å². The van der Waals surface area contributed by atoms with Crippen molar-refractivity contribution in [3.63, 3.8) is 0 Å². The first-order valence-electron chi connectivity index (χ1n) is 5.03. The monoisotopic (exact) mass is 243 g/mol. The highest BCUT2D eigenvalue weighted by Gasteiger charge is 2.17. The Morgan fingerprint density at radius 2 is 2.28 bits per heavy atom. The summed E-state index contributed by atoms with van der Waals surface area (Å²) in [5.41, 5.74) is 6.65. The third-order valence-corrected chi connectivity index (χ3v) is 2.48. The molecule has 2 rings (SSSR count). The molecule has 0 atom stereocenters. The molecule has 18 heavy (non-hydrogen) atoms. The van der Waals surface area contributed by atoms with E-state index in [1.54, 1.807) is 13.1 Å². The van der Waals surface area contributed by atoms with E-state index in [0.29, 0.717) is 5.82 Å². The van der Waals surface area contributed by atoms with Gasteiger partial charge in [-0.1, -0.05) is 0 Å². The lowest BCUT2D eigenvalue weighted by Gasteiger charge is -2.02. The molecule has 0 aliphatic rings. The van der Waals surface area contributed by atoms with Crippen molar-refractivity contribution in [3.05, 3.63) is 45.6 Å². The number of aryl methyl sites for hydroxylation is 1. The molecule has 2 N–H and O–H groups in total. The number of rotatable bonds is 2. The minimum atomic E-state index is -0.552. The van der Waals surface area contributed by atoms with E-state index in [9.17, 15) is 10.1 Å². The SMILES string of the molecule is Cc1cn(-c2ccc(C#N)cc2[N+](=O)[O-])nc1N. The number of nitro groups is 1.